The second-order valence-corrected chi connectivity index (χ2v) is 16.2. The molecule has 0 spiro atoms. The van der Waals surface area contributed by atoms with Crippen LogP contribution in [0.1, 0.15) is 40.8 Å². The summed E-state index contributed by atoms with van der Waals surface area (Å²) in [5.41, 5.74) is 5.95. The van der Waals surface area contributed by atoms with Crippen molar-refractivity contribution in [3.05, 3.63) is 77.3 Å². The van der Waals surface area contributed by atoms with Crippen LogP contribution in [0.25, 0.3) is 11.2 Å². The van der Waals surface area contributed by atoms with E-state index in [1.807, 2.05) is 26.0 Å². The van der Waals surface area contributed by atoms with E-state index in [0.29, 0.717) is 5.65 Å². The summed E-state index contributed by atoms with van der Waals surface area (Å²) in [6, 6.07) is 21.0. The number of rotatable bonds is 6. The van der Waals surface area contributed by atoms with Crippen LogP contribution in [0.4, 0.5) is 5.95 Å². The standard InChI is InChI=1S/C29H35N5O5Si/c1-28(2,3)40(18-12-8-6-9-13-18,19-14-10-7-11-15-19)36-16-20-22-23(39-29(4,5)38-22)26(37-20)34-17-31-21-24(34)32-27(30)33-25(21)35/h6-15,17,20,22-23,26H,16H2,1-5H3,(H3,30,32,33,35)/t20-,22-,23-,26-/m1/s1. The zero-order valence-corrected chi connectivity index (χ0v) is 24.3. The highest BCUT2D eigenvalue weighted by molar-refractivity contribution is 6.99. The van der Waals surface area contributed by atoms with E-state index >= 15 is 0 Å². The minimum absolute atomic E-state index is 0.00397. The first-order chi connectivity index (χ1) is 19.0. The smallest absolute Gasteiger partial charge is 0.280 e. The third kappa shape index (κ3) is 4.38. The summed E-state index contributed by atoms with van der Waals surface area (Å²) in [4.78, 5) is 23.5. The third-order valence-corrected chi connectivity index (χ3v) is 12.7. The van der Waals surface area contributed by atoms with Gasteiger partial charge in [0.15, 0.2) is 23.2 Å². The molecule has 11 heteroatoms. The van der Waals surface area contributed by atoms with E-state index in [9.17, 15) is 4.79 Å². The van der Waals surface area contributed by atoms with Crippen LogP contribution in [0.3, 0.4) is 0 Å². The molecule has 210 valence electrons. The van der Waals surface area contributed by atoms with Crippen LogP contribution >= 0.6 is 0 Å². The third-order valence-electron chi connectivity index (χ3n) is 7.73. The molecule has 2 aromatic carbocycles. The first-order valence-corrected chi connectivity index (χ1v) is 15.4. The van der Waals surface area contributed by atoms with Gasteiger partial charge in [-0.05, 0) is 29.3 Å². The molecule has 2 aromatic heterocycles. The molecule has 2 saturated heterocycles. The number of H-pyrrole nitrogens is 1. The van der Waals surface area contributed by atoms with Crippen LogP contribution in [0.5, 0.6) is 0 Å². The highest BCUT2D eigenvalue weighted by Gasteiger charge is 2.58. The van der Waals surface area contributed by atoms with Crippen molar-refractivity contribution in [1.82, 2.24) is 19.5 Å². The summed E-state index contributed by atoms with van der Waals surface area (Å²) in [5.74, 6) is -0.822. The van der Waals surface area contributed by atoms with Gasteiger partial charge in [0.1, 0.15) is 18.3 Å². The molecular weight excluding hydrogens is 526 g/mol. The van der Waals surface area contributed by atoms with Crippen molar-refractivity contribution in [3.8, 4) is 0 Å². The van der Waals surface area contributed by atoms with Gasteiger partial charge in [0, 0.05) is 0 Å². The maximum absolute atomic E-state index is 12.4. The number of hydrogen-bond acceptors (Lipinski definition) is 8. The van der Waals surface area contributed by atoms with E-state index in [4.69, 9.17) is 24.4 Å². The molecule has 4 atom stereocenters. The molecule has 2 aliphatic rings. The fraction of sp³-hybridized carbons (Fsp3) is 0.414. The van der Waals surface area contributed by atoms with Crippen molar-refractivity contribution >= 4 is 35.8 Å². The lowest BCUT2D eigenvalue weighted by Crippen LogP contribution is -2.67. The molecular formula is C29H35N5O5Si. The van der Waals surface area contributed by atoms with Crippen molar-refractivity contribution in [2.24, 2.45) is 0 Å². The monoisotopic (exact) mass is 561 g/mol. The maximum Gasteiger partial charge on any atom is 0.280 e. The van der Waals surface area contributed by atoms with Gasteiger partial charge >= 0.3 is 0 Å². The van der Waals surface area contributed by atoms with Gasteiger partial charge in [-0.3, -0.25) is 14.3 Å². The minimum atomic E-state index is -2.81. The van der Waals surface area contributed by atoms with E-state index in [0.717, 1.165) is 0 Å². The average Bonchev–Trinajstić information content (AvgIpc) is 3.56. The van der Waals surface area contributed by atoms with Crippen LogP contribution in [-0.2, 0) is 18.6 Å². The van der Waals surface area contributed by atoms with Crippen LogP contribution in [0, 0.1) is 0 Å². The summed E-state index contributed by atoms with van der Waals surface area (Å²) < 4.78 is 28.2. The number of nitrogen functional groups attached to an aromatic ring is 1. The molecule has 2 fully saturated rings. The van der Waals surface area contributed by atoms with Gasteiger partial charge in [-0.2, -0.15) is 4.98 Å². The Morgan fingerprint density at radius 1 is 1.02 bits per heavy atom. The van der Waals surface area contributed by atoms with Gasteiger partial charge in [-0.1, -0.05) is 81.4 Å². The lowest BCUT2D eigenvalue weighted by atomic mass is 10.1. The quantitative estimate of drug-likeness (QED) is 0.344. The molecule has 4 heterocycles. The van der Waals surface area contributed by atoms with Gasteiger partial charge in [0.2, 0.25) is 5.95 Å². The molecule has 6 rings (SSSR count). The van der Waals surface area contributed by atoms with Gasteiger partial charge in [0.25, 0.3) is 13.9 Å². The molecule has 0 aliphatic carbocycles. The Balaban J connectivity index is 1.39. The molecule has 3 N–H and O–H groups in total. The van der Waals surface area contributed by atoms with Crippen molar-refractivity contribution in [3.63, 3.8) is 0 Å². The Bertz CT molecular complexity index is 1530. The van der Waals surface area contributed by atoms with E-state index in [1.165, 1.54) is 16.7 Å². The number of ether oxygens (including phenoxy) is 3. The van der Waals surface area contributed by atoms with Crippen LogP contribution < -0.4 is 21.7 Å². The number of nitrogens with two attached hydrogens (primary N) is 1. The van der Waals surface area contributed by atoms with E-state index in [-0.39, 0.29) is 23.1 Å². The second-order valence-electron chi connectivity index (χ2n) is 11.9. The van der Waals surface area contributed by atoms with Gasteiger partial charge in [-0.15, -0.1) is 0 Å². The fourth-order valence-corrected chi connectivity index (χ4v) is 10.7. The molecule has 2 aliphatic heterocycles. The van der Waals surface area contributed by atoms with Crippen LogP contribution in [0.2, 0.25) is 5.04 Å². The van der Waals surface area contributed by atoms with E-state index < -0.39 is 44.2 Å². The van der Waals surface area contributed by atoms with Crippen molar-refractivity contribution in [1.29, 1.82) is 0 Å². The number of benzene rings is 2. The first kappa shape index (κ1) is 26.8. The fourth-order valence-electron chi connectivity index (χ4n) is 6.12. The maximum atomic E-state index is 12.4. The van der Waals surface area contributed by atoms with E-state index in [1.54, 1.807) is 4.57 Å². The Kier molecular flexibility index (Phi) is 6.47. The molecule has 0 bridgehead atoms. The Morgan fingerprint density at radius 2 is 1.62 bits per heavy atom. The highest BCUT2D eigenvalue weighted by atomic mass is 28.4. The zero-order chi connectivity index (χ0) is 28.3. The number of anilines is 1. The molecule has 4 aromatic rings. The molecule has 40 heavy (non-hydrogen) atoms. The topological polar surface area (TPSA) is 127 Å². The van der Waals surface area contributed by atoms with Gasteiger partial charge < -0.3 is 24.4 Å². The van der Waals surface area contributed by atoms with Gasteiger partial charge in [0.05, 0.1) is 12.9 Å². The molecule has 10 nitrogen and oxygen atoms in total. The SMILES string of the molecule is CC1(C)O[C@@H]2[C@H](O1)[C@@H](CO[Si](c1ccccc1)(c1ccccc1)C(C)(C)C)O[C@H]2n1cnc2c(=O)[nH]c(N)nc21. The summed E-state index contributed by atoms with van der Waals surface area (Å²) in [5, 5.41) is 2.18. The predicted molar refractivity (Wildman–Crippen MR) is 154 cm³/mol. The van der Waals surface area contributed by atoms with Crippen LogP contribution in [0.15, 0.2) is 71.8 Å². The molecule has 0 amide bonds. The van der Waals surface area contributed by atoms with Crippen molar-refractivity contribution in [2.75, 3.05) is 12.3 Å². The number of nitrogens with zero attached hydrogens (tertiary/aromatic N) is 3. The summed E-state index contributed by atoms with van der Waals surface area (Å²) in [7, 11) is -2.81. The second kappa shape index (κ2) is 9.63. The number of aromatic nitrogens is 4. The molecule has 0 radical (unpaired) electrons. The highest BCUT2D eigenvalue weighted by Crippen LogP contribution is 2.45. The molecule has 0 unspecified atom stereocenters. The predicted octanol–water partition coefficient (Wildman–Crippen LogP) is 2.70. The normalized spacial score (nSPS) is 24.4. The van der Waals surface area contributed by atoms with Crippen molar-refractivity contribution in [2.45, 2.75) is 70.0 Å². The summed E-state index contributed by atoms with van der Waals surface area (Å²) in [6.07, 6.45) is -0.431. The number of hydrogen-bond donors (Lipinski definition) is 2. The lowest BCUT2D eigenvalue weighted by molar-refractivity contribution is -0.199. The number of aromatic amines is 1. The van der Waals surface area contributed by atoms with Crippen LogP contribution in [-0.4, -0.2) is 58.5 Å². The number of imidazole rings is 1. The molecule has 0 saturated carbocycles. The number of nitrogens with one attached hydrogen (secondary N) is 1. The first-order valence-electron chi connectivity index (χ1n) is 13.5. The number of fused-ring (bicyclic) bond motifs is 2. The zero-order valence-electron chi connectivity index (χ0n) is 23.3. The average molecular weight is 562 g/mol. The Hall–Kier alpha value is -3.35. The van der Waals surface area contributed by atoms with Crippen molar-refractivity contribution < 1.29 is 18.6 Å². The Morgan fingerprint density at radius 3 is 2.23 bits per heavy atom. The summed E-state index contributed by atoms with van der Waals surface area (Å²) >= 11 is 0. The minimum Gasteiger partial charge on any atom is -0.405 e. The summed E-state index contributed by atoms with van der Waals surface area (Å²) in [6.45, 7) is 10.8. The Labute approximate surface area is 233 Å². The van der Waals surface area contributed by atoms with Gasteiger partial charge in [-0.25, -0.2) is 4.98 Å². The van der Waals surface area contributed by atoms with E-state index in [2.05, 4.69) is 84.3 Å². The lowest BCUT2D eigenvalue weighted by Gasteiger charge is -2.43. The largest absolute Gasteiger partial charge is 0.405 e.